The lowest BCUT2D eigenvalue weighted by Gasteiger charge is -2.28. The van der Waals surface area contributed by atoms with Gasteiger partial charge in [-0.3, -0.25) is 0 Å². The summed E-state index contributed by atoms with van der Waals surface area (Å²) in [5.41, 5.74) is 14.0. The average molecular weight is 730 g/mol. The number of oxazole rings is 1. The Hall–Kier alpha value is -7.69. The Balaban J connectivity index is 1.03. The normalized spacial score (nSPS) is 11.5. The molecular formula is C53H35N3O. The van der Waals surface area contributed by atoms with Gasteiger partial charge in [0.1, 0.15) is 5.52 Å². The molecule has 11 aromatic rings. The van der Waals surface area contributed by atoms with E-state index in [1.165, 1.54) is 27.4 Å². The Morgan fingerprint density at radius 2 is 1.07 bits per heavy atom. The van der Waals surface area contributed by atoms with E-state index in [0.717, 1.165) is 66.9 Å². The summed E-state index contributed by atoms with van der Waals surface area (Å²) in [5, 5.41) is 4.63. The molecule has 2 aromatic heterocycles. The second kappa shape index (κ2) is 13.6. The first-order valence-corrected chi connectivity index (χ1v) is 19.3. The van der Waals surface area contributed by atoms with Crippen molar-refractivity contribution in [3.63, 3.8) is 0 Å². The van der Waals surface area contributed by atoms with E-state index in [2.05, 4.69) is 185 Å². The zero-order valence-electron chi connectivity index (χ0n) is 31.0. The van der Waals surface area contributed by atoms with Crippen LogP contribution in [-0.4, -0.2) is 9.55 Å². The molecule has 4 heteroatoms. The molecule has 268 valence electrons. The largest absolute Gasteiger partial charge is 0.436 e. The first-order chi connectivity index (χ1) is 28.3. The van der Waals surface area contributed by atoms with Gasteiger partial charge in [-0.1, -0.05) is 133 Å². The van der Waals surface area contributed by atoms with Gasteiger partial charge < -0.3 is 13.9 Å². The fraction of sp³-hybridized carbons (Fsp3) is 0. The van der Waals surface area contributed by atoms with Crippen LogP contribution in [0, 0.1) is 0 Å². The van der Waals surface area contributed by atoms with Crippen molar-refractivity contribution in [2.24, 2.45) is 0 Å². The second-order valence-corrected chi connectivity index (χ2v) is 14.4. The molecule has 0 aliphatic heterocycles. The van der Waals surface area contributed by atoms with E-state index in [4.69, 9.17) is 9.40 Å². The summed E-state index contributed by atoms with van der Waals surface area (Å²) in [4.78, 5) is 7.30. The minimum absolute atomic E-state index is 0.636. The van der Waals surface area contributed by atoms with Gasteiger partial charge in [-0.2, -0.15) is 0 Å². The van der Waals surface area contributed by atoms with Crippen molar-refractivity contribution in [2.75, 3.05) is 4.90 Å². The monoisotopic (exact) mass is 729 g/mol. The van der Waals surface area contributed by atoms with Crippen molar-refractivity contribution in [3.05, 3.63) is 212 Å². The fourth-order valence-corrected chi connectivity index (χ4v) is 8.32. The van der Waals surface area contributed by atoms with E-state index in [1.54, 1.807) is 0 Å². The molecule has 0 unspecified atom stereocenters. The number of rotatable bonds is 7. The lowest BCUT2D eigenvalue weighted by atomic mass is 9.99. The highest BCUT2D eigenvalue weighted by molar-refractivity contribution is 6.11. The van der Waals surface area contributed by atoms with Gasteiger partial charge in [0.2, 0.25) is 5.89 Å². The van der Waals surface area contributed by atoms with Crippen LogP contribution < -0.4 is 4.90 Å². The van der Waals surface area contributed by atoms with Gasteiger partial charge in [0.05, 0.1) is 16.7 Å². The van der Waals surface area contributed by atoms with E-state index < -0.39 is 0 Å². The minimum Gasteiger partial charge on any atom is -0.436 e. The number of anilines is 3. The van der Waals surface area contributed by atoms with Crippen molar-refractivity contribution in [3.8, 4) is 39.4 Å². The molecule has 0 aliphatic rings. The molecule has 57 heavy (non-hydrogen) atoms. The third-order valence-corrected chi connectivity index (χ3v) is 11.0. The molecule has 0 atom stereocenters. The molecule has 0 bridgehead atoms. The van der Waals surface area contributed by atoms with Crippen LogP contribution in [0.2, 0.25) is 0 Å². The Morgan fingerprint density at radius 3 is 1.88 bits per heavy atom. The van der Waals surface area contributed by atoms with Gasteiger partial charge in [0.25, 0.3) is 0 Å². The molecule has 0 saturated carbocycles. The molecule has 9 aromatic carbocycles. The van der Waals surface area contributed by atoms with E-state index in [9.17, 15) is 0 Å². The van der Waals surface area contributed by atoms with E-state index in [1.807, 2.05) is 36.4 Å². The maximum atomic E-state index is 6.17. The Bertz CT molecular complexity index is 3220. The molecule has 0 amide bonds. The quantitative estimate of drug-likeness (QED) is 0.164. The third kappa shape index (κ3) is 5.66. The number of benzene rings is 9. The predicted octanol–water partition coefficient (Wildman–Crippen LogP) is 14.5. The summed E-state index contributed by atoms with van der Waals surface area (Å²) in [6.07, 6.45) is 0. The molecule has 2 heterocycles. The number of para-hydroxylation sites is 3. The number of fused-ring (bicyclic) bond motifs is 6. The van der Waals surface area contributed by atoms with E-state index in [-0.39, 0.29) is 0 Å². The van der Waals surface area contributed by atoms with E-state index in [0.29, 0.717) is 5.89 Å². The summed E-state index contributed by atoms with van der Waals surface area (Å²) < 4.78 is 8.54. The summed E-state index contributed by atoms with van der Waals surface area (Å²) in [7, 11) is 0. The fourth-order valence-electron chi connectivity index (χ4n) is 8.32. The molecule has 0 fully saturated rings. The van der Waals surface area contributed by atoms with Gasteiger partial charge in [0.15, 0.2) is 5.58 Å². The zero-order chi connectivity index (χ0) is 37.7. The van der Waals surface area contributed by atoms with Gasteiger partial charge in [-0.25, -0.2) is 4.98 Å². The summed E-state index contributed by atoms with van der Waals surface area (Å²) in [5.74, 6) is 0.636. The highest BCUT2D eigenvalue weighted by atomic mass is 16.3. The Labute approximate surface area is 330 Å². The van der Waals surface area contributed by atoms with Crippen LogP contribution in [0.15, 0.2) is 217 Å². The summed E-state index contributed by atoms with van der Waals surface area (Å²) in [6.45, 7) is 0. The Kier molecular flexibility index (Phi) is 7.78. The first kappa shape index (κ1) is 32.7. The molecule has 4 nitrogen and oxygen atoms in total. The first-order valence-electron chi connectivity index (χ1n) is 19.3. The van der Waals surface area contributed by atoms with Gasteiger partial charge in [-0.05, 0) is 101 Å². The van der Waals surface area contributed by atoms with Crippen molar-refractivity contribution in [1.29, 1.82) is 0 Å². The van der Waals surface area contributed by atoms with Crippen LogP contribution in [0.5, 0.6) is 0 Å². The predicted molar refractivity (Wildman–Crippen MR) is 237 cm³/mol. The van der Waals surface area contributed by atoms with Crippen LogP contribution >= 0.6 is 0 Å². The van der Waals surface area contributed by atoms with Crippen molar-refractivity contribution >= 4 is 60.7 Å². The molecular weight excluding hydrogens is 695 g/mol. The lowest BCUT2D eigenvalue weighted by Crippen LogP contribution is -2.11. The van der Waals surface area contributed by atoms with Crippen LogP contribution in [0.3, 0.4) is 0 Å². The highest BCUT2D eigenvalue weighted by Crippen LogP contribution is 2.44. The zero-order valence-corrected chi connectivity index (χ0v) is 31.0. The van der Waals surface area contributed by atoms with Crippen LogP contribution in [0.4, 0.5) is 17.1 Å². The minimum atomic E-state index is 0.636. The molecule has 11 rings (SSSR count). The van der Waals surface area contributed by atoms with Crippen LogP contribution in [0.25, 0.3) is 83.1 Å². The third-order valence-electron chi connectivity index (χ3n) is 11.0. The van der Waals surface area contributed by atoms with Gasteiger partial charge in [0, 0.05) is 44.3 Å². The average Bonchev–Trinajstić information content (AvgIpc) is 3.88. The van der Waals surface area contributed by atoms with E-state index >= 15 is 0 Å². The molecule has 0 spiro atoms. The second-order valence-electron chi connectivity index (χ2n) is 14.4. The van der Waals surface area contributed by atoms with Crippen molar-refractivity contribution < 1.29 is 4.42 Å². The van der Waals surface area contributed by atoms with Gasteiger partial charge >= 0.3 is 0 Å². The van der Waals surface area contributed by atoms with Crippen molar-refractivity contribution in [2.45, 2.75) is 0 Å². The molecule has 0 radical (unpaired) electrons. The number of hydrogen-bond donors (Lipinski definition) is 0. The summed E-state index contributed by atoms with van der Waals surface area (Å²) in [6, 6.07) is 75.3. The SMILES string of the molecule is c1ccc(-c2nc3c(ccc4cc(-c5ccc(N(c6ccc7c(c6)c6ccccc6n7-c6ccccc6)c6ccccc6-c6ccccc6)cc5)ccc43)o2)cc1. The summed E-state index contributed by atoms with van der Waals surface area (Å²) >= 11 is 0. The lowest BCUT2D eigenvalue weighted by molar-refractivity contribution is 0.620. The van der Waals surface area contributed by atoms with Crippen molar-refractivity contribution in [1.82, 2.24) is 9.55 Å². The standard InChI is InChI=1S/C53H35N3O/c1-4-14-37(15-5-1)44-20-10-12-22-48(44)55(43-30-32-50-47(35-43)46-21-11-13-23-49(46)56(50)41-18-8-3-9-19-41)42-28-24-36(25-29-42)39-26-31-45-40(34-39)27-33-51-52(45)54-53(57-51)38-16-6-2-7-17-38/h1-35H. The van der Waals surface area contributed by atoms with Crippen LogP contribution in [0.1, 0.15) is 0 Å². The number of hydrogen-bond acceptors (Lipinski definition) is 3. The Morgan fingerprint density at radius 1 is 0.421 bits per heavy atom. The number of nitrogens with zero attached hydrogens (tertiary/aromatic N) is 3. The van der Waals surface area contributed by atoms with Gasteiger partial charge in [-0.15, -0.1) is 0 Å². The topological polar surface area (TPSA) is 34.2 Å². The number of aromatic nitrogens is 2. The van der Waals surface area contributed by atoms with Crippen LogP contribution in [-0.2, 0) is 0 Å². The maximum Gasteiger partial charge on any atom is 0.227 e. The smallest absolute Gasteiger partial charge is 0.227 e. The highest BCUT2D eigenvalue weighted by Gasteiger charge is 2.20. The maximum absolute atomic E-state index is 6.17. The molecule has 0 aliphatic carbocycles. The molecule has 0 saturated heterocycles. The molecule has 0 N–H and O–H groups in total.